The Morgan fingerprint density at radius 3 is 1.20 bits per heavy atom. The van der Waals surface area contributed by atoms with Gasteiger partial charge in [-0.3, -0.25) is 19.2 Å². The zero-order valence-electron chi connectivity index (χ0n) is 73.5. The zero-order chi connectivity index (χ0) is 93.8. The number of aliphatic hydroxyl groups is 19. The molecule has 6 heterocycles. The van der Waals surface area contributed by atoms with Crippen LogP contribution in [0.1, 0.15) is 227 Å². The molecule has 6 fully saturated rings. The van der Waals surface area contributed by atoms with E-state index in [9.17, 15) is 136 Å². The number of rotatable bonds is 59. The van der Waals surface area contributed by atoms with E-state index < -0.39 is 302 Å². The molecule has 34 atom stereocenters. The summed E-state index contributed by atoms with van der Waals surface area (Å²) >= 11 is 0. The molecule has 0 saturated carbocycles. The maximum absolute atomic E-state index is 14.0. The second-order valence-corrected chi connectivity index (χ2v) is 34.2. The average Bonchev–Trinajstić information content (AvgIpc) is 0.749. The topological polar surface area (TPSA) is 686 Å². The van der Waals surface area contributed by atoms with Crippen molar-refractivity contribution in [2.24, 2.45) is 0 Å². The van der Waals surface area contributed by atoms with Crippen molar-refractivity contribution in [1.29, 1.82) is 0 Å². The van der Waals surface area contributed by atoms with E-state index in [-0.39, 0.29) is 6.42 Å². The Morgan fingerprint density at radius 1 is 0.409 bits per heavy atom. The van der Waals surface area contributed by atoms with Gasteiger partial charge in [0.1, 0.15) is 134 Å². The van der Waals surface area contributed by atoms with Crippen molar-refractivity contribution in [2.75, 3.05) is 46.2 Å². The summed E-state index contributed by atoms with van der Waals surface area (Å²) in [6.45, 7) is -0.838. The van der Waals surface area contributed by atoms with Gasteiger partial charge in [-0.2, -0.15) is 0 Å². The van der Waals surface area contributed by atoms with Crippen LogP contribution in [0.15, 0.2) is 12.2 Å². The van der Waals surface area contributed by atoms with Crippen molar-refractivity contribution in [3.05, 3.63) is 12.2 Å². The number of carboxylic acid groups (broad SMARTS) is 2. The number of carboxylic acids is 2. The number of allylic oxidation sites excluding steroid dienone is 1. The number of carbonyl (C=O) groups is 6. The smallest absolute Gasteiger partial charge is 0.364 e. The predicted octanol–water partition coefficient (Wildman–Crippen LogP) is -3.87. The summed E-state index contributed by atoms with van der Waals surface area (Å²) < 4.78 is 72.4. The maximum Gasteiger partial charge on any atom is 0.364 e. The molecule has 0 radical (unpaired) electrons. The number of ether oxygens (including phenoxy) is 12. The third-order valence-electron chi connectivity index (χ3n) is 24.1. The van der Waals surface area contributed by atoms with Crippen LogP contribution < -0.4 is 21.3 Å². The highest BCUT2D eigenvalue weighted by Gasteiger charge is 2.64. The van der Waals surface area contributed by atoms with Gasteiger partial charge >= 0.3 is 11.9 Å². The molecule has 0 bridgehead atoms. The lowest BCUT2D eigenvalue weighted by Crippen LogP contribution is -2.72. The van der Waals surface area contributed by atoms with Crippen LogP contribution in [-0.4, -0.2) is 396 Å². The Hall–Kier alpha value is -4.68. The number of amides is 4. The third-order valence-corrected chi connectivity index (χ3v) is 24.1. The maximum atomic E-state index is 14.0. The van der Waals surface area contributed by atoms with Gasteiger partial charge in [0.05, 0.1) is 82.7 Å². The van der Waals surface area contributed by atoms with Gasteiger partial charge in [-0.15, -0.1) is 0 Å². The van der Waals surface area contributed by atoms with Crippen molar-refractivity contribution in [3.63, 3.8) is 0 Å². The lowest BCUT2D eigenvalue weighted by molar-refractivity contribution is -0.405. The molecule has 0 aliphatic carbocycles. The average molecular weight is 1840 g/mol. The molecule has 4 amide bonds. The molecule has 6 rings (SSSR count). The first-order chi connectivity index (χ1) is 60.6. The van der Waals surface area contributed by atoms with Gasteiger partial charge in [-0.05, 0) is 19.3 Å². The predicted molar refractivity (Wildman–Crippen MR) is 440 cm³/mol. The van der Waals surface area contributed by atoms with Gasteiger partial charge < -0.3 is 185 Å². The number of carbonyl (C=O) groups excluding carboxylic acids is 4. The van der Waals surface area contributed by atoms with Crippen LogP contribution in [0.3, 0.4) is 0 Å². The number of hydrogen-bond donors (Lipinski definition) is 25. The van der Waals surface area contributed by atoms with Crippen LogP contribution in [-0.2, 0) is 85.6 Å². The number of hydrogen-bond acceptors (Lipinski definition) is 37. The highest BCUT2D eigenvalue weighted by molar-refractivity contribution is 5.78. The van der Waals surface area contributed by atoms with E-state index in [0.29, 0.717) is 12.8 Å². The first-order valence-corrected chi connectivity index (χ1v) is 45.2. The Kier molecular flexibility index (Phi) is 49.4. The molecule has 6 aliphatic rings. The Bertz CT molecular complexity index is 3200. The molecule has 0 spiro atoms. The first-order valence-electron chi connectivity index (χ1n) is 45.2. The molecule has 127 heavy (non-hydrogen) atoms. The van der Waals surface area contributed by atoms with E-state index in [1.54, 1.807) is 6.08 Å². The summed E-state index contributed by atoms with van der Waals surface area (Å²) in [6, 6.07) is -6.94. The molecule has 738 valence electrons. The van der Waals surface area contributed by atoms with Crippen LogP contribution in [0.4, 0.5) is 0 Å². The van der Waals surface area contributed by atoms with Gasteiger partial charge in [0, 0.05) is 40.0 Å². The normalized spacial score (nSPS) is 35.1. The molecule has 6 aliphatic heterocycles. The van der Waals surface area contributed by atoms with Crippen molar-refractivity contribution in [2.45, 2.75) is 435 Å². The molecule has 0 aromatic heterocycles. The molecule has 0 aromatic carbocycles. The number of unbranched alkanes of at least 4 members (excludes halogenated alkanes) is 25. The molecule has 43 heteroatoms. The molecule has 25 N–H and O–H groups in total. The quantitative estimate of drug-likeness (QED) is 0.0205. The van der Waals surface area contributed by atoms with E-state index in [1.165, 1.54) is 102 Å². The Balaban J connectivity index is 1.30. The Labute approximate surface area is 740 Å². The van der Waals surface area contributed by atoms with E-state index in [2.05, 4.69) is 35.1 Å². The summed E-state index contributed by atoms with van der Waals surface area (Å²) in [4.78, 5) is 79.6. The van der Waals surface area contributed by atoms with Crippen molar-refractivity contribution >= 4 is 35.6 Å². The van der Waals surface area contributed by atoms with E-state index in [4.69, 9.17) is 56.8 Å². The van der Waals surface area contributed by atoms with Crippen LogP contribution >= 0.6 is 0 Å². The highest BCUT2D eigenvalue weighted by Crippen LogP contribution is 2.43. The second-order valence-electron chi connectivity index (χ2n) is 34.2. The van der Waals surface area contributed by atoms with E-state index >= 15 is 0 Å². The molecule has 0 aromatic rings. The fraction of sp³-hybridized carbons (Fsp3) is 0.905. The van der Waals surface area contributed by atoms with Gasteiger partial charge in [-0.25, -0.2) is 9.59 Å². The summed E-state index contributed by atoms with van der Waals surface area (Å²) in [5, 5.41) is 247. The SMILES string of the molecule is CCCCCCCCCCCCC/C=C/[C@@H](O)[C@H](COC1OC(CO)C(OC2OC(CO)C(OC3OC(CO)C(O)C(OC4OC(CO)C(O)C(OC5(C(=O)O)CC(O)C(NC(C)=O)C(C(O)C(O)CO)O5)C4O)C3NC(C)=O)C(OC3(C(=O)O)CC(O)C(NC(C)=O)C(C(O)C(O)CO)O3)C2O)C(O)C1O)NC(=O)CCCCCCCCCCCCCCCCC. The summed E-state index contributed by atoms with van der Waals surface area (Å²) in [5.74, 6) is -14.5. The van der Waals surface area contributed by atoms with Crippen LogP contribution in [0, 0.1) is 0 Å². The van der Waals surface area contributed by atoms with E-state index in [1.807, 2.05) is 0 Å². The van der Waals surface area contributed by atoms with Crippen LogP contribution in [0.25, 0.3) is 0 Å². The van der Waals surface area contributed by atoms with Gasteiger partial charge in [0.25, 0.3) is 11.6 Å². The van der Waals surface area contributed by atoms with Gasteiger partial charge in [0.15, 0.2) is 25.2 Å². The second kappa shape index (κ2) is 56.5. The Morgan fingerprint density at radius 2 is 0.772 bits per heavy atom. The van der Waals surface area contributed by atoms with Gasteiger partial charge in [-0.1, -0.05) is 180 Å². The summed E-state index contributed by atoms with van der Waals surface area (Å²) in [6.07, 6.45) is -32.2. The minimum Gasteiger partial charge on any atom is -0.477 e. The van der Waals surface area contributed by atoms with Gasteiger partial charge in [0.2, 0.25) is 23.6 Å². The molecular formula is C84H148N4O39. The van der Waals surface area contributed by atoms with E-state index in [0.717, 1.165) is 85.0 Å². The number of nitrogens with one attached hydrogen (secondary N) is 4. The number of aliphatic hydroxyl groups excluding tert-OH is 19. The fourth-order valence-electron chi connectivity index (χ4n) is 16.9. The zero-order valence-corrected chi connectivity index (χ0v) is 73.5. The number of aliphatic carboxylic acids is 2. The van der Waals surface area contributed by atoms with Crippen LogP contribution in [0.2, 0.25) is 0 Å². The van der Waals surface area contributed by atoms with Crippen molar-refractivity contribution in [1.82, 2.24) is 21.3 Å². The molecule has 6 saturated heterocycles. The monoisotopic (exact) mass is 1840 g/mol. The molecule has 32 unspecified atom stereocenters. The minimum absolute atomic E-state index is 0.0952. The third kappa shape index (κ3) is 32.6. The summed E-state index contributed by atoms with van der Waals surface area (Å²) in [5.41, 5.74) is 0. The molecular weight excluding hydrogens is 1690 g/mol. The lowest BCUT2D eigenvalue weighted by atomic mass is 9.88. The highest BCUT2D eigenvalue weighted by atomic mass is 16.8. The standard InChI is InChI=1S/C84H148N4O39/c1-6-8-10-12-14-16-18-20-21-23-25-27-29-31-33-35-58(103)88-48(49(98)34-32-30-28-26-24-22-19-17-15-13-11-9-7-2)44-116-78-67(109)66(108)70(56(42-93)119-78)121-80-69(111)76(127-84(82(114)115)37-51(100)60(86-46(4)96)74(125-84)63(105)53(102)39-90)71(57(43-94)120-80)122-77-61(87-47(5)97)72(64(106)54(40-91)117-77)123-79-68(110)75(65(107)55(41-92)118-79)126-83(81(112)113)36-50(99)59(85-45(3)95)73(124-83)62(104)52(101)38-89/h32,34,48-57,59-80,89-94,98-102,104-111H,6-31,33,35-44H2,1-5H3,(H,85,95)(H,86,96)(H,87,97)(H,88,103)(H,112,113)(H,114,115)/b34-32+/t48-,49+,50?,51?,52?,53?,54?,55?,56?,57?,59?,60?,61?,62?,63?,64?,65?,66?,67?,68?,69?,70?,71?,72?,73?,74?,75?,76?,77?,78?,79?,80?,83?,84?/m0/s1. The fourth-order valence-corrected chi connectivity index (χ4v) is 16.9. The largest absolute Gasteiger partial charge is 0.477 e. The first kappa shape index (κ1) is 111. The lowest BCUT2D eigenvalue weighted by Gasteiger charge is -2.53. The van der Waals surface area contributed by atoms with Crippen LogP contribution in [0.5, 0.6) is 0 Å². The van der Waals surface area contributed by atoms with Crippen molar-refractivity contribution < 1.29 is 193 Å². The molecule has 43 nitrogen and oxygen atoms in total. The minimum atomic E-state index is -3.50. The summed E-state index contributed by atoms with van der Waals surface area (Å²) in [7, 11) is 0. The van der Waals surface area contributed by atoms with Crippen molar-refractivity contribution in [3.8, 4) is 0 Å².